The van der Waals surface area contributed by atoms with Crippen LogP contribution < -0.4 is 23.7 Å². The number of ether oxygens (including phenoxy) is 9. The predicted octanol–water partition coefficient (Wildman–Crippen LogP) is 7.91. The number of hydrogen-bond donors (Lipinski definition) is 0. The maximum absolute atomic E-state index is 14.4. The predicted molar refractivity (Wildman–Crippen MR) is 241 cm³/mol. The molecular weight excluding hydrogens is 835 g/mol. The lowest BCUT2D eigenvalue weighted by atomic mass is 9.71. The normalized spacial score (nSPS) is 21.7. The molecule has 0 radical (unpaired) electrons. The van der Waals surface area contributed by atoms with Gasteiger partial charge in [0.05, 0.1) is 25.3 Å². The van der Waals surface area contributed by atoms with E-state index in [0.717, 1.165) is 33.4 Å². The summed E-state index contributed by atoms with van der Waals surface area (Å²) < 4.78 is 54.2. The Bertz CT molecular complexity index is 2490. The molecule has 4 aliphatic heterocycles. The molecule has 13 nitrogen and oxygen atoms in total. The fraction of sp³-hybridized carbons (Fsp3) is 0.400. The van der Waals surface area contributed by atoms with Gasteiger partial charge in [0.25, 0.3) is 0 Å². The van der Waals surface area contributed by atoms with Crippen LogP contribution in [0.3, 0.4) is 0 Å². The van der Waals surface area contributed by atoms with Gasteiger partial charge >= 0.3 is 5.97 Å². The Labute approximate surface area is 378 Å². The summed E-state index contributed by atoms with van der Waals surface area (Å²) in [6.45, 7) is 7.88. The Hall–Kier alpha value is -5.69. The highest BCUT2D eigenvalue weighted by Gasteiger charge is 2.57. The van der Waals surface area contributed by atoms with E-state index in [1.54, 1.807) is 25.7 Å². The molecule has 0 spiro atoms. The summed E-state index contributed by atoms with van der Waals surface area (Å²) in [6, 6.07) is 19.6. The largest absolute Gasteiger partial charge is 0.493 e. The van der Waals surface area contributed by atoms with E-state index in [4.69, 9.17) is 42.6 Å². The Morgan fingerprint density at radius 2 is 1.62 bits per heavy atom. The van der Waals surface area contributed by atoms with Gasteiger partial charge < -0.3 is 42.6 Å². The zero-order valence-electron chi connectivity index (χ0n) is 37.0. The number of carbonyl (C=O) groups excluding carboxylic acids is 1. The van der Waals surface area contributed by atoms with Crippen molar-refractivity contribution >= 4 is 17.7 Å². The van der Waals surface area contributed by atoms with Crippen LogP contribution in [-0.2, 0) is 36.6 Å². The number of nitriles is 1. The number of methoxy groups -OCH3 is 3. The number of esters is 1. The number of rotatable bonds is 16. The van der Waals surface area contributed by atoms with Gasteiger partial charge in [-0.15, -0.1) is 11.8 Å². The minimum atomic E-state index is -0.664. The molecule has 64 heavy (non-hydrogen) atoms. The van der Waals surface area contributed by atoms with Crippen LogP contribution in [-0.4, -0.2) is 102 Å². The van der Waals surface area contributed by atoms with Gasteiger partial charge in [0, 0.05) is 65.6 Å². The molecule has 4 aromatic rings. The Balaban J connectivity index is 1.11. The number of nitrogens with zero attached hydrogens (tertiary/aromatic N) is 3. The molecule has 4 heterocycles. The quantitative estimate of drug-likeness (QED) is 0.0355. The number of hydrogen-bond acceptors (Lipinski definition) is 14. The van der Waals surface area contributed by atoms with Crippen LogP contribution in [0.25, 0.3) is 11.1 Å². The standard InChI is InChI=1S/C50H53N3O10S/c1-8-17-58-46-29(3)47-49(63-27-62-47)43-35(46)20-38-44-42-30(18-28(2)45(57-7)48(42)61-26-56-6)19-37(52(44)4)39(21-51)53(38)40(43)22-59-50(54)41(60-25-55-5)24-64-23-36-33-15-11-9-13-31(33)32-14-10-12-16-34(32)36/h8-16,18,24,36-40,44H,1,17,19-20,22-23,25-27H2,2-7H3/b41-24-/t37-,38?,39-,40-,44+/m0/s1. The summed E-state index contributed by atoms with van der Waals surface area (Å²) in [4.78, 5) is 18.9. The Kier molecular flexibility index (Phi) is 12.5. The topological polar surface area (TPSA) is 130 Å². The van der Waals surface area contributed by atoms with Crippen molar-refractivity contribution in [3.8, 4) is 45.9 Å². The third kappa shape index (κ3) is 7.33. The molecule has 1 fully saturated rings. The fourth-order valence-corrected chi connectivity index (χ4v) is 11.7. The molecule has 5 atom stereocenters. The van der Waals surface area contributed by atoms with Gasteiger partial charge in [-0.3, -0.25) is 9.80 Å². The van der Waals surface area contributed by atoms with E-state index >= 15 is 0 Å². The van der Waals surface area contributed by atoms with E-state index in [-0.39, 0.29) is 63.4 Å². The van der Waals surface area contributed by atoms with Crippen LogP contribution in [0.5, 0.6) is 28.7 Å². The lowest BCUT2D eigenvalue weighted by Gasteiger charge is -2.59. The van der Waals surface area contributed by atoms with E-state index in [1.807, 2.05) is 13.8 Å². The van der Waals surface area contributed by atoms with Crippen molar-refractivity contribution < 1.29 is 47.4 Å². The lowest BCUT2D eigenvalue weighted by Crippen LogP contribution is -2.68. The fourth-order valence-electron chi connectivity index (χ4n) is 10.7. The molecule has 1 aliphatic carbocycles. The molecule has 4 aromatic carbocycles. The molecule has 0 saturated carbocycles. The van der Waals surface area contributed by atoms with Crippen molar-refractivity contribution in [3.05, 3.63) is 123 Å². The minimum Gasteiger partial charge on any atom is -0.493 e. The van der Waals surface area contributed by atoms with E-state index in [1.165, 1.54) is 41.1 Å². The number of piperazine rings is 1. The van der Waals surface area contributed by atoms with Crippen molar-refractivity contribution in [1.29, 1.82) is 5.26 Å². The van der Waals surface area contributed by atoms with Crippen molar-refractivity contribution in [1.82, 2.24) is 9.80 Å². The van der Waals surface area contributed by atoms with E-state index in [0.29, 0.717) is 47.3 Å². The Morgan fingerprint density at radius 3 is 2.31 bits per heavy atom. The summed E-state index contributed by atoms with van der Waals surface area (Å²) >= 11 is 1.49. The monoisotopic (exact) mass is 887 g/mol. The zero-order chi connectivity index (χ0) is 44.6. The van der Waals surface area contributed by atoms with E-state index < -0.39 is 18.1 Å². The summed E-state index contributed by atoms with van der Waals surface area (Å²) in [5.41, 5.74) is 10.4. The van der Waals surface area contributed by atoms with Crippen molar-refractivity contribution in [2.24, 2.45) is 0 Å². The Morgan fingerprint density at radius 1 is 0.906 bits per heavy atom. The highest BCUT2D eigenvalue weighted by molar-refractivity contribution is 8.02. The molecule has 14 heteroatoms. The summed E-state index contributed by atoms with van der Waals surface area (Å²) in [7, 11) is 6.81. The van der Waals surface area contributed by atoms with Gasteiger partial charge in [0.1, 0.15) is 25.0 Å². The lowest BCUT2D eigenvalue weighted by molar-refractivity contribution is -0.150. The van der Waals surface area contributed by atoms with Gasteiger partial charge in [-0.25, -0.2) is 4.79 Å². The van der Waals surface area contributed by atoms with Gasteiger partial charge in [-0.05, 0) is 67.1 Å². The smallest absolute Gasteiger partial charge is 0.374 e. The first kappa shape index (κ1) is 43.6. The molecule has 1 unspecified atom stereocenters. The van der Waals surface area contributed by atoms with Crippen molar-refractivity contribution in [2.45, 2.75) is 62.8 Å². The second-order valence-electron chi connectivity index (χ2n) is 16.6. The first-order chi connectivity index (χ1) is 31.3. The number of thioether (sulfide) groups is 1. The third-order valence-corrected chi connectivity index (χ3v) is 14.1. The average Bonchev–Trinajstić information content (AvgIpc) is 3.92. The zero-order valence-corrected chi connectivity index (χ0v) is 37.8. The first-order valence-corrected chi connectivity index (χ1v) is 22.5. The molecule has 2 bridgehead atoms. The van der Waals surface area contributed by atoms with E-state index in [2.05, 4.69) is 84.1 Å². The maximum Gasteiger partial charge on any atom is 0.374 e. The highest BCUT2D eigenvalue weighted by atomic mass is 32.2. The van der Waals surface area contributed by atoms with E-state index in [9.17, 15) is 10.1 Å². The molecule has 0 amide bonds. The summed E-state index contributed by atoms with van der Waals surface area (Å²) in [5, 5.41) is 13.0. The first-order valence-electron chi connectivity index (χ1n) is 21.4. The highest BCUT2D eigenvalue weighted by Crippen LogP contribution is 2.59. The van der Waals surface area contributed by atoms with Gasteiger partial charge in [0.2, 0.25) is 12.6 Å². The molecule has 334 valence electrons. The molecule has 0 aromatic heterocycles. The van der Waals surface area contributed by atoms with Gasteiger partial charge in [-0.1, -0.05) is 67.3 Å². The van der Waals surface area contributed by atoms with Crippen LogP contribution in [0.2, 0.25) is 0 Å². The molecule has 0 N–H and O–H groups in total. The average molecular weight is 888 g/mol. The van der Waals surface area contributed by atoms with Crippen LogP contribution in [0.4, 0.5) is 0 Å². The molecule has 1 saturated heterocycles. The van der Waals surface area contributed by atoms with Crippen molar-refractivity contribution in [3.63, 3.8) is 0 Å². The molecular formula is C50H53N3O10S. The number of likely N-dealkylation sites (N-methyl/N-ethyl adjacent to an activating group) is 1. The van der Waals surface area contributed by atoms with Crippen LogP contribution in [0, 0.1) is 25.2 Å². The number of carbonyl (C=O) groups is 1. The number of fused-ring (bicyclic) bond motifs is 12. The second kappa shape index (κ2) is 18.4. The molecule has 9 rings (SSSR count). The van der Waals surface area contributed by atoms with Gasteiger partial charge in [0.15, 0.2) is 36.6 Å². The third-order valence-electron chi connectivity index (χ3n) is 13.2. The maximum atomic E-state index is 14.4. The van der Waals surface area contributed by atoms with Crippen LogP contribution >= 0.6 is 11.8 Å². The summed E-state index contributed by atoms with van der Waals surface area (Å²) in [6.07, 6.45) is 2.74. The minimum absolute atomic E-state index is 0.0107. The summed E-state index contributed by atoms with van der Waals surface area (Å²) in [5.74, 6) is 3.16. The van der Waals surface area contributed by atoms with Crippen LogP contribution in [0.15, 0.2) is 78.4 Å². The molecule has 5 aliphatic rings. The SMILES string of the molecule is C=CCOc1c(C)c2c(c3c1CC1[C@@H]4c5c(cc(C)c(OC)c5OCOC)C[C@@H]([C@H](C#N)N1[C@H]3COC(=O)/C(=C/SCC1c3ccccc3-c3ccccc31)OCOC)N4C)OCO2. The number of aryl methyl sites for hydroxylation is 1. The second-order valence-corrected chi connectivity index (χ2v) is 17.5. The van der Waals surface area contributed by atoms with Gasteiger partial charge in [-0.2, -0.15) is 5.26 Å². The number of benzene rings is 4. The van der Waals surface area contributed by atoms with Crippen molar-refractivity contribution in [2.75, 3.05) is 67.7 Å². The van der Waals surface area contributed by atoms with Crippen LogP contribution in [0.1, 0.15) is 62.5 Å².